The average Bonchev–Trinajstić information content (AvgIpc) is 3.56. The van der Waals surface area contributed by atoms with Crippen LogP contribution in [0.1, 0.15) is 80.9 Å². The van der Waals surface area contributed by atoms with Gasteiger partial charge in [-0.05, 0) is 46.8 Å². The lowest BCUT2D eigenvalue weighted by Crippen LogP contribution is -2.47. The minimum atomic E-state index is -3.06. The van der Waals surface area contributed by atoms with E-state index in [1.54, 1.807) is 31.3 Å². The van der Waals surface area contributed by atoms with E-state index in [-0.39, 0.29) is 23.0 Å². The number of rotatable bonds is 14. The van der Waals surface area contributed by atoms with Gasteiger partial charge < -0.3 is 24.7 Å². The number of primary amides is 1. The monoisotopic (exact) mass is 645 g/mol. The van der Waals surface area contributed by atoms with Crippen molar-refractivity contribution in [1.29, 1.82) is 0 Å². The van der Waals surface area contributed by atoms with Crippen molar-refractivity contribution in [2.75, 3.05) is 0 Å². The van der Waals surface area contributed by atoms with E-state index < -0.39 is 26.9 Å². The summed E-state index contributed by atoms with van der Waals surface area (Å²) in [5, 5.41) is 9.44. The van der Waals surface area contributed by atoms with E-state index in [1.807, 2.05) is 22.7 Å². The molecule has 1 amide bonds. The zero-order valence-corrected chi connectivity index (χ0v) is 28.0. The number of amides is 1. The number of aliphatic hydroxyl groups excluding tert-OH is 1. The van der Waals surface area contributed by atoms with Crippen LogP contribution in [0.25, 0.3) is 16.2 Å². The molecule has 4 aromatic rings. The molecule has 12 heteroatoms. The number of fused-ring (bicyclic) bond motifs is 1. The third-order valence-electron chi connectivity index (χ3n) is 8.16. The normalized spacial score (nSPS) is 13.0. The fourth-order valence-corrected chi connectivity index (χ4v) is 12.6. The molecule has 3 heterocycles. The van der Waals surface area contributed by atoms with Crippen LogP contribution in [0.15, 0.2) is 48.8 Å². The van der Waals surface area contributed by atoms with Gasteiger partial charge in [-0.25, -0.2) is 4.98 Å². The number of halogens is 2. The molecular weight excluding hydrogens is 605 g/mol. The van der Waals surface area contributed by atoms with Crippen LogP contribution in [0.2, 0.25) is 16.6 Å². The van der Waals surface area contributed by atoms with Crippen LogP contribution in [-0.4, -0.2) is 35.3 Å². The summed E-state index contributed by atoms with van der Waals surface area (Å²) in [6.07, 6.45) is 2.94. The Morgan fingerprint density at radius 3 is 2.23 bits per heavy atom. The molecule has 0 saturated heterocycles. The highest BCUT2D eigenvalue weighted by atomic mass is 32.1. The molecule has 0 aliphatic rings. The Morgan fingerprint density at radius 2 is 1.64 bits per heavy atom. The smallest absolute Gasteiger partial charge is 0.387 e. The van der Waals surface area contributed by atoms with Crippen LogP contribution < -0.4 is 15.2 Å². The van der Waals surface area contributed by atoms with E-state index >= 15 is 0 Å². The molecule has 0 aliphatic carbocycles. The molecule has 3 N–H and O–H groups in total. The summed E-state index contributed by atoms with van der Waals surface area (Å²) >= 11 is 1.16. The molecule has 8 nitrogen and oxygen atoms in total. The number of aliphatic hydroxyl groups is 1. The van der Waals surface area contributed by atoms with Gasteiger partial charge in [-0.15, -0.1) is 11.3 Å². The molecule has 44 heavy (non-hydrogen) atoms. The maximum absolute atomic E-state index is 13.1. The quantitative estimate of drug-likeness (QED) is 0.134. The molecule has 0 aliphatic heterocycles. The van der Waals surface area contributed by atoms with Crippen LogP contribution in [0.5, 0.6) is 11.5 Å². The van der Waals surface area contributed by atoms with Gasteiger partial charge in [0, 0.05) is 17.8 Å². The fraction of sp³-hybridized carbons (Fsp3) is 0.438. The third-order valence-corrected chi connectivity index (χ3v) is 15.4. The number of hydrogen-bond donors (Lipinski definition) is 2. The van der Waals surface area contributed by atoms with Gasteiger partial charge >= 0.3 is 6.61 Å². The van der Waals surface area contributed by atoms with Crippen molar-refractivity contribution in [3.8, 4) is 22.1 Å². The molecule has 3 aromatic heterocycles. The highest BCUT2D eigenvalue weighted by Gasteiger charge is 2.45. The number of nitrogens with zero attached hydrogens (tertiary/aromatic N) is 2. The SMILES string of the molecule is CC(C)[Si](OCc1ccc2ncc(-c3cc(O[C@H](C)c4ccc(CO)cc4OC(F)F)c(C(N)=O)s3)n2c1)(C(C)C)C(C)C. The number of alkyl halides is 2. The second-order valence-corrected chi connectivity index (χ2v) is 18.4. The van der Waals surface area contributed by atoms with Gasteiger partial charge in [-0.1, -0.05) is 59.7 Å². The molecule has 1 atom stereocenters. The maximum atomic E-state index is 13.1. The number of thiophene rings is 1. The van der Waals surface area contributed by atoms with Gasteiger partial charge in [0.05, 0.1) is 30.0 Å². The predicted octanol–water partition coefficient (Wildman–Crippen LogP) is 8.09. The first-order valence-electron chi connectivity index (χ1n) is 14.7. The number of ether oxygens (including phenoxy) is 2. The van der Waals surface area contributed by atoms with E-state index in [1.165, 1.54) is 6.07 Å². The average molecular weight is 646 g/mol. The Hall–Kier alpha value is -3.32. The van der Waals surface area contributed by atoms with Crippen molar-refractivity contribution in [2.24, 2.45) is 5.73 Å². The third kappa shape index (κ3) is 6.83. The minimum absolute atomic E-state index is 0.119. The summed E-state index contributed by atoms with van der Waals surface area (Å²) in [5.41, 5.74) is 10.3. The Bertz CT molecular complexity index is 1580. The number of carbonyl (C=O) groups is 1. The number of pyridine rings is 1. The van der Waals surface area contributed by atoms with Gasteiger partial charge in [0.1, 0.15) is 28.1 Å². The molecule has 1 aromatic carbocycles. The van der Waals surface area contributed by atoms with E-state index in [0.29, 0.717) is 39.2 Å². The first-order chi connectivity index (χ1) is 20.8. The van der Waals surface area contributed by atoms with E-state index in [9.17, 15) is 18.7 Å². The minimum Gasteiger partial charge on any atom is -0.484 e. The van der Waals surface area contributed by atoms with Crippen molar-refractivity contribution >= 4 is 31.2 Å². The van der Waals surface area contributed by atoms with Gasteiger partial charge in [0.2, 0.25) is 8.32 Å². The first kappa shape index (κ1) is 33.6. The molecule has 0 fully saturated rings. The summed E-state index contributed by atoms with van der Waals surface area (Å²) in [6, 6.07) is 10.1. The second-order valence-electron chi connectivity index (χ2n) is 11.9. The maximum Gasteiger partial charge on any atom is 0.387 e. The highest BCUT2D eigenvalue weighted by Crippen LogP contribution is 2.43. The van der Waals surface area contributed by atoms with Gasteiger partial charge in [0.15, 0.2) is 0 Å². The molecule has 0 bridgehead atoms. The molecule has 0 saturated carbocycles. The number of benzene rings is 1. The Labute approximate surface area is 261 Å². The topological polar surface area (TPSA) is 108 Å². The largest absolute Gasteiger partial charge is 0.484 e. The highest BCUT2D eigenvalue weighted by molar-refractivity contribution is 7.17. The van der Waals surface area contributed by atoms with Gasteiger partial charge in [-0.2, -0.15) is 8.78 Å². The lowest BCUT2D eigenvalue weighted by atomic mass is 10.1. The lowest BCUT2D eigenvalue weighted by molar-refractivity contribution is -0.0513. The van der Waals surface area contributed by atoms with Crippen molar-refractivity contribution in [2.45, 2.75) is 91.0 Å². The zero-order chi connectivity index (χ0) is 32.3. The Morgan fingerprint density at radius 1 is 0.977 bits per heavy atom. The van der Waals surface area contributed by atoms with Crippen LogP contribution in [-0.2, 0) is 17.6 Å². The fourth-order valence-electron chi connectivity index (χ4n) is 6.23. The molecule has 0 unspecified atom stereocenters. The summed E-state index contributed by atoms with van der Waals surface area (Å²) in [6.45, 7) is 12.3. The zero-order valence-electron chi connectivity index (χ0n) is 26.1. The molecule has 238 valence electrons. The molecular formula is C32H41F2N3O5SSi. The predicted molar refractivity (Wildman–Crippen MR) is 171 cm³/mol. The van der Waals surface area contributed by atoms with Crippen molar-refractivity contribution in [1.82, 2.24) is 9.38 Å². The van der Waals surface area contributed by atoms with Crippen molar-refractivity contribution in [3.63, 3.8) is 0 Å². The van der Waals surface area contributed by atoms with Crippen LogP contribution in [0.3, 0.4) is 0 Å². The summed E-state index contributed by atoms with van der Waals surface area (Å²) in [5.74, 6) is -0.579. The van der Waals surface area contributed by atoms with Gasteiger partial charge in [-0.3, -0.25) is 9.20 Å². The number of aromatic nitrogens is 2. The van der Waals surface area contributed by atoms with E-state index in [0.717, 1.165) is 28.2 Å². The summed E-state index contributed by atoms with van der Waals surface area (Å²) < 4.78 is 45.8. The van der Waals surface area contributed by atoms with Crippen LogP contribution in [0.4, 0.5) is 8.78 Å². The number of carbonyl (C=O) groups excluding carboxylic acids is 1. The lowest BCUT2D eigenvalue weighted by Gasteiger charge is -2.42. The molecule has 4 rings (SSSR count). The first-order valence-corrected chi connectivity index (χ1v) is 17.6. The van der Waals surface area contributed by atoms with Gasteiger partial charge in [0.25, 0.3) is 5.91 Å². The van der Waals surface area contributed by atoms with Crippen molar-refractivity contribution < 1.29 is 32.6 Å². The van der Waals surface area contributed by atoms with Crippen LogP contribution in [0, 0.1) is 0 Å². The Balaban J connectivity index is 1.66. The number of hydrogen-bond acceptors (Lipinski definition) is 7. The Kier molecular flexibility index (Phi) is 10.5. The molecule has 0 radical (unpaired) electrons. The molecule has 0 spiro atoms. The van der Waals surface area contributed by atoms with Crippen molar-refractivity contribution in [3.05, 3.63) is 70.4 Å². The summed E-state index contributed by atoms with van der Waals surface area (Å²) in [7, 11) is -2.07. The second kappa shape index (κ2) is 13.8. The van der Waals surface area contributed by atoms with Crippen LogP contribution >= 0.6 is 11.3 Å². The number of nitrogens with two attached hydrogens (primary N) is 1. The summed E-state index contributed by atoms with van der Waals surface area (Å²) in [4.78, 5) is 17.9. The van der Waals surface area contributed by atoms with E-state index in [2.05, 4.69) is 46.5 Å². The number of imidazole rings is 1. The van der Waals surface area contributed by atoms with E-state index in [4.69, 9.17) is 19.6 Å². The standard InChI is InChI=1S/C32H41F2N3O5SSi/c1-18(2)44(19(3)4,20(5)6)40-17-23-9-11-29-36-14-25(37(29)15-23)28-13-27(30(43-28)31(35)39)41-21(7)24-10-8-22(16-38)12-26(24)42-32(33)34/h8-15,18-21,32,38H,16-17H2,1-7H3,(H2,35,39)/t21-/m1/s1.